The Morgan fingerprint density at radius 1 is 1.07 bits per heavy atom. The van der Waals surface area contributed by atoms with Gasteiger partial charge in [0.15, 0.2) is 0 Å². The molecular weight excluding hydrogens is 434 g/mol. The molecule has 0 N–H and O–H groups in total. The Balaban J connectivity index is 1.94. The SMILES string of the molecule is CC1CCN(c2c(S(=O)(=O)c3ccc(Cl)c(Cl)c3)cnc3cc(F)ccc23)CC1. The second kappa shape index (κ2) is 7.74. The molecule has 0 aliphatic carbocycles. The van der Waals surface area contributed by atoms with E-state index in [2.05, 4.69) is 16.8 Å². The van der Waals surface area contributed by atoms with Gasteiger partial charge in [-0.25, -0.2) is 12.8 Å². The minimum atomic E-state index is -3.91. The predicted molar refractivity (Wildman–Crippen MR) is 114 cm³/mol. The molecule has 4 nitrogen and oxygen atoms in total. The molecule has 29 heavy (non-hydrogen) atoms. The summed E-state index contributed by atoms with van der Waals surface area (Å²) in [6, 6.07) is 8.48. The Bertz CT molecular complexity index is 1190. The van der Waals surface area contributed by atoms with Crippen LogP contribution in [0.1, 0.15) is 19.8 Å². The molecule has 0 unspecified atom stereocenters. The topological polar surface area (TPSA) is 50.3 Å². The van der Waals surface area contributed by atoms with Gasteiger partial charge in [-0.15, -0.1) is 0 Å². The number of rotatable bonds is 3. The third-order valence-electron chi connectivity index (χ3n) is 5.36. The number of benzene rings is 2. The normalized spacial score (nSPS) is 15.8. The van der Waals surface area contributed by atoms with Crippen molar-refractivity contribution < 1.29 is 12.8 Å². The highest BCUT2D eigenvalue weighted by Gasteiger charge is 2.29. The first-order valence-electron chi connectivity index (χ1n) is 9.30. The molecule has 0 amide bonds. The summed E-state index contributed by atoms with van der Waals surface area (Å²) < 4.78 is 40.7. The zero-order chi connectivity index (χ0) is 20.8. The van der Waals surface area contributed by atoms with Crippen LogP contribution in [0.2, 0.25) is 10.0 Å². The van der Waals surface area contributed by atoms with Gasteiger partial charge in [-0.2, -0.15) is 0 Å². The molecule has 1 aromatic heterocycles. The van der Waals surface area contributed by atoms with Crippen molar-refractivity contribution in [3.63, 3.8) is 0 Å². The molecule has 1 aliphatic heterocycles. The van der Waals surface area contributed by atoms with Crippen molar-refractivity contribution in [1.82, 2.24) is 4.98 Å². The first kappa shape index (κ1) is 20.4. The summed E-state index contributed by atoms with van der Waals surface area (Å²) in [5.41, 5.74) is 0.986. The molecule has 0 saturated carbocycles. The van der Waals surface area contributed by atoms with Gasteiger partial charge in [0.05, 0.1) is 26.1 Å². The van der Waals surface area contributed by atoms with Gasteiger partial charge in [0, 0.05) is 30.7 Å². The number of nitrogens with zero attached hydrogens (tertiary/aromatic N) is 2. The molecule has 2 aromatic carbocycles. The fourth-order valence-corrected chi connectivity index (χ4v) is 5.48. The predicted octanol–water partition coefficient (Wildman–Crippen LogP) is 5.75. The highest BCUT2D eigenvalue weighted by molar-refractivity contribution is 7.91. The standard InChI is InChI=1S/C21H19Cl2FN2O2S/c1-13-6-8-26(9-7-13)21-16-4-2-14(24)10-19(16)25-12-20(21)29(27,28)15-3-5-17(22)18(23)11-15/h2-5,10-13H,6-9H2,1H3. The van der Waals surface area contributed by atoms with Crippen molar-refractivity contribution in [2.24, 2.45) is 5.92 Å². The first-order chi connectivity index (χ1) is 13.8. The van der Waals surface area contributed by atoms with Gasteiger partial charge in [0.25, 0.3) is 0 Å². The molecule has 0 radical (unpaired) electrons. The summed E-state index contributed by atoms with van der Waals surface area (Å²) in [5.74, 6) is 0.162. The van der Waals surface area contributed by atoms with Crippen LogP contribution in [0.25, 0.3) is 10.9 Å². The Hall–Kier alpha value is -1.89. The van der Waals surface area contributed by atoms with E-state index in [1.807, 2.05) is 0 Å². The van der Waals surface area contributed by atoms with E-state index in [9.17, 15) is 12.8 Å². The van der Waals surface area contributed by atoms with Gasteiger partial charge in [-0.05, 0) is 49.1 Å². The van der Waals surface area contributed by atoms with Crippen LogP contribution < -0.4 is 4.90 Å². The van der Waals surface area contributed by atoms with E-state index in [0.717, 1.165) is 25.9 Å². The van der Waals surface area contributed by atoms with Gasteiger partial charge in [0.1, 0.15) is 10.7 Å². The van der Waals surface area contributed by atoms with Crippen molar-refractivity contribution >= 4 is 49.6 Å². The summed E-state index contributed by atoms with van der Waals surface area (Å²) >= 11 is 12.0. The van der Waals surface area contributed by atoms with Crippen molar-refractivity contribution in [2.75, 3.05) is 18.0 Å². The molecule has 1 aliphatic rings. The maximum Gasteiger partial charge on any atom is 0.210 e. The average molecular weight is 453 g/mol. The highest BCUT2D eigenvalue weighted by Crippen LogP contribution is 2.38. The van der Waals surface area contributed by atoms with E-state index in [1.54, 1.807) is 6.07 Å². The second-order valence-electron chi connectivity index (χ2n) is 7.38. The molecule has 1 fully saturated rings. The minimum Gasteiger partial charge on any atom is -0.370 e. The van der Waals surface area contributed by atoms with E-state index in [4.69, 9.17) is 23.2 Å². The van der Waals surface area contributed by atoms with E-state index < -0.39 is 15.7 Å². The molecule has 0 spiro atoms. The van der Waals surface area contributed by atoms with Crippen LogP contribution in [0.3, 0.4) is 0 Å². The van der Waals surface area contributed by atoms with E-state index in [-0.39, 0.29) is 19.8 Å². The molecule has 152 valence electrons. The van der Waals surface area contributed by atoms with Crippen molar-refractivity contribution in [1.29, 1.82) is 0 Å². The Kier molecular flexibility index (Phi) is 5.44. The number of piperidine rings is 1. The lowest BCUT2D eigenvalue weighted by Gasteiger charge is -2.34. The summed E-state index contributed by atoms with van der Waals surface area (Å²) in [6.45, 7) is 3.63. The van der Waals surface area contributed by atoms with Crippen molar-refractivity contribution in [2.45, 2.75) is 29.6 Å². The van der Waals surface area contributed by atoms with Gasteiger partial charge < -0.3 is 4.90 Å². The van der Waals surface area contributed by atoms with Crippen LogP contribution in [0.5, 0.6) is 0 Å². The zero-order valence-electron chi connectivity index (χ0n) is 15.7. The van der Waals surface area contributed by atoms with E-state index in [1.165, 1.54) is 36.5 Å². The summed E-state index contributed by atoms with van der Waals surface area (Å²) in [7, 11) is -3.91. The summed E-state index contributed by atoms with van der Waals surface area (Å²) in [4.78, 5) is 6.43. The third kappa shape index (κ3) is 3.81. The smallest absolute Gasteiger partial charge is 0.210 e. The largest absolute Gasteiger partial charge is 0.370 e. The molecular formula is C21H19Cl2FN2O2S. The lowest BCUT2D eigenvalue weighted by atomic mass is 9.98. The number of sulfone groups is 1. The lowest BCUT2D eigenvalue weighted by Crippen LogP contribution is -2.34. The zero-order valence-corrected chi connectivity index (χ0v) is 18.0. The van der Waals surface area contributed by atoms with Crippen molar-refractivity contribution in [3.05, 3.63) is 58.5 Å². The van der Waals surface area contributed by atoms with Crippen LogP contribution >= 0.6 is 23.2 Å². The number of aromatic nitrogens is 1. The number of hydrogen-bond acceptors (Lipinski definition) is 4. The van der Waals surface area contributed by atoms with E-state index >= 15 is 0 Å². The van der Waals surface area contributed by atoms with Crippen LogP contribution in [0.4, 0.5) is 10.1 Å². The Morgan fingerprint density at radius 2 is 1.79 bits per heavy atom. The fraction of sp³-hybridized carbons (Fsp3) is 0.286. The fourth-order valence-electron chi connectivity index (χ4n) is 3.66. The molecule has 3 aromatic rings. The van der Waals surface area contributed by atoms with Gasteiger partial charge in [0.2, 0.25) is 9.84 Å². The first-order valence-corrected chi connectivity index (χ1v) is 11.5. The molecule has 0 bridgehead atoms. The maximum absolute atomic E-state index is 13.7. The molecule has 0 atom stereocenters. The number of fused-ring (bicyclic) bond motifs is 1. The van der Waals surface area contributed by atoms with Crippen LogP contribution in [-0.2, 0) is 9.84 Å². The maximum atomic E-state index is 13.7. The van der Waals surface area contributed by atoms with Crippen LogP contribution in [0, 0.1) is 11.7 Å². The molecule has 1 saturated heterocycles. The number of hydrogen-bond donors (Lipinski definition) is 0. The third-order valence-corrected chi connectivity index (χ3v) is 7.85. The Labute approximate surface area is 179 Å². The van der Waals surface area contributed by atoms with Crippen molar-refractivity contribution in [3.8, 4) is 0 Å². The number of pyridine rings is 1. The van der Waals surface area contributed by atoms with Crippen LogP contribution in [0.15, 0.2) is 52.4 Å². The highest BCUT2D eigenvalue weighted by atomic mass is 35.5. The second-order valence-corrected chi connectivity index (χ2v) is 10.1. The molecule has 2 heterocycles. The summed E-state index contributed by atoms with van der Waals surface area (Å²) in [6.07, 6.45) is 3.22. The van der Waals surface area contributed by atoms with Gasteiger partial charge >= 0.3 is 0 Å². The monoisotopic (exact) mass is 452 g/mol. The molecule has 4 rings (SSSR count). The molecule has 8 heteroatoms. The summed E-state index contributed by atoms with van der Waals surface area (Å²) in [5, 5.41) is 1.06. The Morgan fingerprint density at radius 3 is 2.48 bits per heavy atom. The van der Waals surface area contributed by atoms with E-state index in [0.29, 0.717) is 22.5 Å². The number of anilines is 1. The van der Waals surface area contributed by atoms with Gasteiger partial charge in [-0.3, -0.25) is 4.98 Å². The average Bonchev–Trinajstić information content (AvgIpc) is 2.69. The lowest BCUT2D eigenvalue weighted by molar-refractivity contribution is 0.437. The number of halogens is 3. The van der Waals surface area contributed by atoms with Gasteiger partial charge in [-0.1, -0.05) is 30.1 Å². The minimum absolute atomic E-state index is 0.0433. The quantitative estimate of drug-likeness (QED) is 0.507. The van der Waals surface area contributed by atoms with Crippen LogP contribution in [-0.4, -0.2) is 26.5 Å².